The predicted molar refractivity (Wildman–Crippen MR) is 84.1 cm³/mol. The van der Waals surface area contributed by atoms with Crippen molar-refractivity contribution in [1.82, 2.24) is 10.2 Å². The SMILES string of the molecule is CCCCOCC(O)CN1CCC(CNCCC)CC1. The third-order valence-electron chi connectivity index (χ3n) is 3.99. The smallest absolute Gasteiger partial charge is 0.0900 e. The average Bonchev–Trinajstić information content (AvgIpc) is 2.46. The van der Waals surface area contributed by atoms with E-state index < -0.39 is 0 Å². The van der Waals surface area contributed by atoms with Gasteiger partial charge >= 0.3 is 0 Å². The molecule has 4 heteroatoms. The molecule has 1 rings (SSSR count). The van der Waals surface area contributed by atoms with Crippen LogP contribution in [0.25, 0.3) is 0 Å². The second kappa shape index (κ2) is 11.5. The molecule has 0 radical (unpaired) electrons. The first-order chi connectivity index (χ1) is 9.76. The Morgan fingerprint density at radius 3 is 2.65 bits per heavy atom. The van der Waals surface area contributed by atoms with Crippen LogP contribution in [0.4, 0.5) is 0 Å². The molecule has 1 fully saturated rings. The van der Waals surface area contributed by atoms with Gasteiger partial charge in [-0.25, -0.2) is 0 Å². The third kappa shape index (κ3) is 8.20. The second-order valence-corrected chi connectivity index (χ2v) is 6.03. The van der Waals surface area contributed by atoms with Crippen LogP contribution >= 0.6 is 0 Å². The van der Waals surface area contributed by atoms with Gasteiger partial charge in [0.15, 0.2) is 0 Å². The van der Waals surface area contributed by atoms with Crippen LogP contribution in [0.2, 0.25) is 0 Å². The van der Waals surface area contributed by atoms with Gasteiger partial charge in [-0.2, -0.15) is 0 Å². The molecular formula is C16H34N2O2. The van der Waals surface area contributed by atoms with E-state index in [-0.39, 0.29) is 6.10 Å². The van der Waals surface area contributed by atoms with Gasteiger partial charge in [-0.05, 0) is 57.8 Å². The Labute approximate surface area is 124 Å². The van der Waals surface area contributed by atoms with E-state index in [0.29, 0.717) is 6.61 Å². The second-order valence-electron chi connectivity index (χ2n) is 6.03. The van der Waals surface area contributed by atoms with Crippen LogP contribution in [-0.2, 0) is 4.74 Å². The molecule has 0 saturated carbocycles. The number of piperidine rings is 1. The van der Waals surface area contributed by atoms with Crippen LogP contribution in [0.15, 0.2) is 0 Å². The van der Waals surface area contributed by atoms with Gasteiger partial charge in [-0.15, -0.1) is 0 Å². The summed E-state index contributed by atoms with van der Waals surface area (Å²) < 4.78 is 5.48. The number of hydrogen-bond acceptors (Lipinski definition) is 4. The largest absolute Gasteiger partial charge is 0.389 e. The molecule has 2 N–H and O–H groups in total. The van der Waals surface area contributed by atoms with Crippen molar-refractivity contribution in [3.05, 3.63) is 0 Å². The zero-order chi connectivity index (χ0) is 14.6. The number of likely N-dealkylation sites (tertiary alicyclic amines) is 1. The first kappa shape index (κ1) is 17.9. The third-order valence-corrected chi connectivity index (χ3v) is 3.99. The van der Waals surface area contributed by atoms with Crippen molar-refractivity contribution in [3.8, 4) is 0 Å². The standard InChI is InChI=1S/C16H34N2O2/c1-3-5-11-20-14-16(19)13-18-9-6-15(7-10-18)12-17-8-4-2/h15-17,19H,3-14H2,1-2H3. The highest BCUT2D eigenvalue weighted by molar-refractivity contribution is 4.75. The van der Waals surface area contributed by atoms with Gasteiger partial charge in [0.25, 0.3) is 0 Å². The Kier molecular flexibility index (Phi) is 10.3. The van der Waals surface area contributed by atoms with Gasteiger partial charge in [0, 0.05) is 13.2 Å². The molecule has 1 aliphatic heterocycles. The maximum Gasteiger partial charge on any atom is 0.0900 e. The van der Waals surface area contributed by atoms with Gasteiger partial charge in [-0.1, -0.05) is 20.3 Å². The molecule has 120 valence electrons. The van der Waals surface area contributed by atoms with E-state index >= 15 is 0 Å². The quantitative estimate of drug-likeness (QED) is 0.569. The fraction of sp³-hybridized carbons (Fsp3) is 1.00. The topological polar surface area (TPSA) is 44.7 Å². The van der Waals surface area contributed by atoms with E-state index in [4.69, 9.17) is 4.74 Å². The average molecular weight is 286 g/mol. The van der Waals surface area contributed by atoms with Crippen molar-refractivity contribution in [2.24, 2.45) is 5.92 Å². The molecule has 0 amide bonds. The van der Waals surface area contributed by atoms with Gasteiger partial charge in [0.1, 0.15) is 0 Å². The summed E-state index contributed by atoms with van der Waals surface area (Å²) in [6.07, 6.45) is 5.61. The minimum atomic E-state index is -0.332. The van der Waals surface area contributed by atoms with Crippen LogP contribution in [0.3, 0.4) is 0 Å². The highest BCUT2D eigenvalue weighted by atomic mass is 16.5. The maximum absolute atomic E-state index is 9.96. The molecule has 20 heavy (non-hydrogen) atoms. The van der Waals surface area contributed by atoms with Crippen molar-refractivity contribution in [1.29, 1.82) is 0 Å². The van der Waals surface area contributed by atoms with Gasteiger partial charge in [0.05, 0.1) is 12.7 Å². The van der Waals surface area contributed by atoms with Crippen LogP contribution in [-0.4, -0.2) is 62.0 Å². The minimum Gasteiger partial charge on any atom is -0.389 e. The Morgan fingerprint density at radius 2 is 2.00 bits per heavy atom. The number of nitrogens with zero attached hydrogens (tertiary/aromatic N) is 1. The molecule has 0 aromatic heterocycles. The van der Waals surface area contributed by atoms with Crippen molar-refractivity contribution < 1.29 is 9.84 Å². The van der Waals surface area contributed by atoms with E-state index in [1.165, 1.54) is 19.3 Å². The fourth-order valence-corrected chi connectivity index (χ4v) is 2.67. The molecule has 0 aromatic rings. The van der Waals surface area contributed by atoms with Crippen LogP contribution in [0.1, 0.15) is 46.0 Å². The Balaban J connectivity index is 2.03. The van der Waals surface area contributed by atoms with Crippen molar-refractivity contribution in [2.45, 2.75) is 52.1 Å². The van der Waals surface area contributed by atoms with Gasteiger partial charge in [0.2, 0.25) is 0 Å². The molecule has 1 saturated heterocycles. The number of ether oxygens (including phenoxy) is 1. The van der Waals surface area contributed by atoms with Crippen LogP contribution in [0.5, 0.6) is 0 Å². The molecule has 1 aliphatic rings. The van der Waals surface area contributed by atoms with E-state index in [9.17, 15) is 5.11 Å². The molecule has 0 aliphatic carbocycles. The lowest BCUT2D eigenvalue weighted by Gasteiger charge is -2.33. The Hall–Kier alpha value is -0.160. The summed E-state index contributed by atoms with van der Waals surface area (Å²) in [5.74, 6) is 0.816. The Bertz CT molecular complexity index is 219. The predicted octanol–water partition coefficient (Wildman–Crippen LogP) is 1.88. The van der Waals surface area contributed by atoms with Crippen molar-refractivity contribution in [3.63, 3.8) is 0 Å². The van der Waals surface area contributed by atoms with Crippen molar-refractivity contribution >= 4 is 0 Å². The Morgan fingerprint density at radius 1 is 1.25 bits per heavy atom. The van der Waals surface area contributed by atoms with E-state index in [0.717, 1.165) is 58.1 Å². The summed E-state index contributed by atoms with van der Waals surface area (Å²) in [5, 5.41) is 13.5. The fourth-order valence-electron chi connectivity index (χ4n) is 2.67. The number of aliphatic hydroxyl groups is 1. The first-order valence-electron chi connectivity index (χ1n) is 8.45. The van der Waals surface area contributed by atoms with Crippen molar-refractivity contribution in [2.75, 3.05) is 45.9 Å². The number of aliphatic hydroxyl groups excluding tert-OH is 1. The number of rotatable bonds is 11. The van der Waals surface area contributed by atoms with E-state index in [2.05, 4.69) is 24.1 Å². The highest BCUT2D eigenvalue weighted by Crippen LogP contribution is 2.16. The number of hydrogen-bond donors (Lipinski definition) is 2. The molecule has 0 aromatic carbocycles. The number of nitrogens with one attached hydrogen (secondary N) is 1. The summed E-state index contributed by atoms with van der Waals surface area (Å²) in [6, 6.07) is 0. The molecule has 0 spiro atoms. The summed E-state index contributed by atoms with van der Waals surface area (Å²) >= 11 is 0. The zero-order valence-corrected chi connectivity index (χ0v) is 13.4. The minimum absolute atomic E-state index is 0.332. The molecule has 1 atom stereocenters. The highest BCUT2D eigenvalue weighted by Gasteiger charge is 2.20. The van der Waals surface area contributed by atoms with Gasteiger partial charge in [-0.3, -0.25) is 0 Å². The maximum atomic E-state index is 9.96. The molecule has 1 heterocycles. The zero-order valence-electron chi connectivity index (χ0n) is 13.4. The molecule has 4 nitrogen and oxygen atoms in total. The summed E-state index contributed by atoms with van der Waals surface area (Å²) in [5.41, 5.74) is 0. The summed E-state index contributed by atoms with van der Waals surface area (Å²) in [4.78, 5) is 2.38. The van der Waals surface area contributed by atoms with Crippen LogP contribution in [0, 0.1) is 5.92 Å². The normalized spacial score (nSPS) is 19.4. The molecule has 1 unspecified atom stereocenters. The number of β-amino-alcohol motifs (C(OH)–C–C–N with tert-alkyl or cyclic N) is 1. The molecular weight excluding hydrogens is 252 g/mol. The monoisotopic (exact) mass is 286 g/mol. The number of unbranched alkanes of at least 4 members (excludes halogenated alkanes) is 1. The van der Waals surface area contributed by atoms with E-state index in [1.807, 2.05) is 0 Å². The van der Waals surface area contributed by atoms with Gasteiger partial charge < -0.3 is 20.1 Å². The lowest BCUT2D eigenvalue weighted by molar-refractivity contribution is 0.00996. The van der Waals surface area contributed by atoms with E-state index in [1.54, 1.807) is 0 Å². The molecule has 0 bridgehead atoms. The first-order valence-corrected chi connectivity index (χ1v) is 8.45. The summed E-state index contributed by atoms with van der Waals surface area (Å²) in [7, 11) is 0. The summed E-state index contributed by atoms with van der Waals surface area (Å²) in [6.45, 7) is 10.9. The lowest BCUT2D eigenvalue weighted by Crippen LogP contribution is -2.42. The lowest BCUT2D eigenvalue weighted by atomic mass is 9.96. The van der Waals surface area contributed by atoms with Crippen LogP contribution < -0.4 is 5.32 Å².